The van der Waals surface area contributed by atoms with Crippen LogP contribution in [0.5, 0.6) is 0 Å². The van der Waals surface area contributed by atoms with E-state index in [4.69, 9.17) is 23.2 Å². The van der Waals surface area contributed by atoms with Crippen molar-refractivity contribution in [3.05, 3.63) is 280 Å². The molecule has 10 rings (SSSR count). The van der Waals surface area contributed by atoms with Crippen molar-refractivity contribution in [2.24, 2.45) is 17.3 Å². The first-order valence-corrected chi connectivity index (χ1v) is 27.7. The zero-order chi connectivity index (χ0) is 53.1. The molecule has 0 spiro atoms. The number of allylic oxidation sites excluding steroid dienone is 6. The van der Waals surface area contributed by atoms with Crippen molar-refractivity contribution in [3.8, 4) is 0 Å². The number of aromatic nitrogens is 2. The molecule has 4 heterocycles. The van der Waals surface area contributed by atoms with Gasteiger partial charge in [-0.1, -0.05) is 179 Å². The number of nitrogens with zero attached hydrogens (tertiary/aromatic N) is 4. The molecule has 7 aromatic rings. The molecule has 0 fully saturated rings. The maximum Gasteiger partial charge on any atom is 0.205 e. The van der Waals surface area contributed by atoms with Gasteiger partial charge in [-0.05, 0) is 139 Å². The number of carbonyl (C=O) groups is 2. The van der Waals surface area contributed by atoms with Gasteiger partial charge in [-0.3, -0.25) is 19.6 Å². The predicted molar refractivity (Wildman–Crippen MR) is 313 cm³/mol. The number of alkyl halides is 1. The van der Waals surface area contributed by atoms with Crippen molar-refractivity contribution >= 4 is 40.5 Å². The number of pyridine rings is 2. The minimum Gasteiger partial charge on any atom is -0.344 e. The molecule has 1 atom stereocenters. The Labute approximate surface area is 476 Å². The van der Waals surface area contributed by atoms with Crippen LogP contribution in [0.3, 0.4) is 0 Å². The molecule has 5 aromatic carbocycles. The Bertz CT molecular complexity index is 3120. The second kappa shape index (κ2) is 26.1. The maximum atomic E-state index is 13.7. The Hall–Kier alpha value is -6.63. The molecule has 3 aliphatic rings. The molecule has 0 saturated heterocycles. The van der Waals surface area contributed by atoms with Crippen LogP contribution in [0, 0.1) is 17.3 Å². The molecule has 0 radical (unpaired) electrons. The fourth-order valence-electron chi connectivity index (χ4n) is 11.3. The van der Waals surface area contributed by atoms with E-state index < -0.39 is 10.8 Å². The van der Waals surface area contributed by atoms with Gasteiger partial charge in [0.05, 0.1) is 5.38 Å². The van der Waals surface area contributed by atoms with Gasteiger partial charge >= 0.3 is 0 Å². The molecule has 2 aliphatic heterocycles. The van der Waals surface area contributed by atoms with Crippen LogP contribution in [0.15, 0.2) is 235 Å². The van der Waals surface area contributed by atoms with Crippen LogP contribution in [0.2, 0.25) is 5.02 Å². The number of carbonyl (C=O) groups excluding carboxylic acids is 2. The second-order valence-electron chi connectivity index (χ2n) is 21.3. The normalized spacial score (nSPS) is 17.0. The summed E-state index contributed by atoms with van der Waals surface area (Å²) in [5, 5.41) is 0.632. The largest absolute Gasteiger partial charge is 0.344 e. The summed E-state index contributed by atoms with van der Waals surface area (Å²) in [7, 11) is 0. The van der Waals surface area contributed by atoms with Gasteiger partial charge in [0.25, 0.3) is 0 Å². The monoisotopic (exact) mass is 1100 g/mol. The summed E-state index contributed by atoms with van der Waals surface area (Å²) in [6.07, 6.45) is 17.2. The average molecular weight is 1100 g/mol. The van der Waals surface area contributed by atoms with Crippen LogP contribution in [0.4, 0.5) is 5.69 Å². The Morgan fingerprint density at radius 1 is 0.571 bits per heavy atom. The molecule has 2 aromatic heterocycles. The van der Waals surface area contributed by atoms with Crippen LogP contribution in [0.25, 0.3) is 0 Å². The first kappa shape index (κ1) is 56.6. The molecular formula is C68H68Cl2N4NiO2. The summed E-state index contributed by atoms with van der Waals surface area (Å²) in [5.74, 6) is 0.918. The Kier molecular flexibility index (Phi) is 19.2. The molecule has 396 valence electrons. The number of halogens is 2. The number of fused-ring (bicyclic) bond motifs is 1. The number of hydrogen-bond donors (Lipinski definition) is 0. The van der Waals surface area contributed by atoms with E-state index >= 15 is 0 Å². The summed E-state index contributed by atoms with van der Waals surface area (Å²) >= 11 is 13.5. The van der Waals surface area contributed by atoms with E-state index in [1.54, 1.807) is 24.5 Å². The van der Waals surface area contributed by atoms with Crippen molar-refractivity contribution in [3.63, 3.8) is 0 Å². The Morgan fingerprint density at radius 2 is 0.987 bits per heavy atom. The van der Waals surface area contributed by atoms with Crippen LogP contribution in [-0.4, -0.2) is 44.9 Å². The Morgan fingerprint density at radius 3 is 1.42 bits per heavy atom. The predicted octanol–water partition coefficient (Wildman–Crippen LogP) is 15.9. The standard InChI is InChI=1S/C34H35ClN2O.C34H33ClN2O.Ni/c2*1-25(2)18-20-37-31-17-16-28(35)21-29(31)34(23-26-11-5-3-6-12-26,24-27-13-7-4-8-14-27)33(37)22-32(38)30-15-9-10-19-36-30;/h3-17,19,22,25,28H,18,20-21,23-24H2,1-2H3;3-17,19,21-22,25H,18,20,23-24H2,1-2H3;/b2*33-22-;. The topological polar surface area (TPSA) is 66.4 Å². The third kappa shape index (κ3) is 13.4. The van der Waals surface area contributed by atoms with Crippen LogP contribution in [-0.2, 0) is 47.6 Å². The first-order valence-electron chi connectivity index (χ1n) is 26.8. The van der Waals surface area contributed by atoms with Gasteiger partial charge in [0.2, 0.25) is 11.6 Å². The van der Waals surface area contributed by atoms with Crippen LogP contribution in [0.1, 0.15) is 95.8 Å². The molecule has 0 bridgehead atoms. The van der Waals surface area contributed by atoms with Crippen molar-refractivity contribution in [2.75, 3.05) is 18.0 Å². The van der Waals surface area contributed by atoms with Crippen LogP contribution < -0.4 is 4.90 Å². The minimum absolute atomic E-state index is 0. The van der Waals surface area contributed by atoms with Crippen molar-refractivity contribution in [1.29, 1.82) is 0 Å². The first-order chi connectivity index (χ1) is 36.9. The zero-order valence-corrected chi connectivity index (χ0v) is 47.0. The third-order valence-electron chi connectivity index (χ3n) is 15.0. The number of benzene rings is 5. The van der Waals surface area contributed by atoms with E-state index in [1.807, 2.05) is 54.6 Å². The summed E-state index contributed by atoms with van der Waals surface area (Å²) in [4.78, 5) is 40.9. The zero-order valence-electron chi connectivity index (χ0n) is 44.5. The van der Waals surface area contributed by atoms with Gasteiger partial charge in [-0.15, -0.1) is 11.6 Å². The number of rotatable bonds is 18. The Balaban J connectivity index is 0.000000201. The van der Waals surface area contributed by atoms with Gasteiger partial charge < -0.3 is 9.80 Å². The quantitative estimate of drug-likeness (QED) is 0.0369. The molecule has 1 unspecified atom stereocenters. The summed E-state index contributed by atoms with van der Waals surface area (Å²) in [6.45, 7) is 10.6. The van der Waals surface area contributed by atoms with E-state index in [0.717, 1.165) is 75.1 Å². The van der Waals surface area contributed by atoms with Crippen molar-refractivity contribution in [2.45, 2.75) is 83.4 Å². The number of ketones is 2. The molecule has 0 amide bonds. The summed E-state index contributed by atoms with van der Waals surface area (Å²) in [6, 6.07) is 59.6. The summed E-state index contributed by atoms with van der Waals surface area (Å²) < 4.78 is 0. The van der Waals surface area contributed by atoms with E-state index in [1.165, 1.54) is 39.1 Å². The van der Waals surface area contributed by atoms with Gasteiger partial charge in [0.1, 0.15) is 11.4 Å². The smallest absolute Gasteiger partial charge is 0.205 e. The second-order valence-corrected chi connectivity index (χ2v) is 22.3. The van der Waals surface area contributed by atoms with Crippen molar-refractivity contribution in [1.82, 2.24) is 14.9 Å². The van der Waals surface area contributed by atoms with E-state index in [9.17, 15) is 9.59 Å². The molecule has 1 aliphatic carbocycles. The molecule has 0 saturated carbocycles. The van der Waals surface area contributed by atoms with E-state index in [-0.39, 0.29) is 33.4 Å². The fourth-order valence-corrected chi connectivity index (χ4v) is 11.7. The van der Waals surface area contributed by atoms with Gasteiger partial charge in [-0.25, -0.2) is 0 Å². The minimum atomic E-state index is -0.482. The molecular weight excluding hydrogens is 1030 g/mol. The number of anilines is 1. The van der Waals surface area contributed by atoms with E-state index in [2.05, 4.69) is 181 Å². The maximum absolute atomic E-state index is 13.7. The van der Waals surface area contributed by atoms with Crippen LogP contribution >= 0.6 is 23.2 Å². The molecule has 0 N–H and O–H groups in total. The summed E-state index contributed by atoms with van der Waals surface area (Å²) in [5.41, 5.74) is 11.9. The van der Waals surface area contributed by atoms with E-state index in [0.29, 0.717) is 28.2 Å². The van der Waals surface area contributed by atoms with Gasteiger partial charge in [-0.2, -0.15) is 0 Å². The van der Waals surface area contributed by atoms with Gasteiger partial charge in [0.15, 0.2) is 0 Å². The average Bonchev–Trinajstić information content (AvgIpc) is 3.86. The SMILES string of the molecule is CC(C)CCN1/C(=C\C(=O)c2ccccn2)C(Cc2ccccc2)(Cc2ccccc2)c2cc(Cl)ccc21.CC(C)CCN1C2=C(CC(Cl)C=C2)C(Cc2ccccc2)(Cc2ccccc2)/C1=C/C(=O)c1ccccn1.[Ni]. The fraction of sp³-hybridized carbons (Fsp3) is 0.265. The van der Waals surface area contributed by atoms with Gasteiger partial charge in [0, 0.05) is 92.8 Å². The van der Waals surface area contributed by atoms with Crippen molar-refractivity contribution < 1.29 is 26.1 Å². The molecule has 6 nitrogen and oxygen atoms in total. The third-order valence-corrected chi connectivity index (χ3v) is 15.5. The molecule has 77 heavy (non-hydrogen) atoms. The molecule has 9 heteroatoms. The number of hydrogen-bond acceptors (Lipinski definition) is 6.